The monoisotopic (exact) mass is 235 g/mol. The Morgan fingerprint density at radius 2 is 1.59 bits per heavy atom. The highest BCUT2D eigenvalue weighted by molar-refractivity contribution is 5.03. The zero-order chi connectivity index (χ0) is 11.7. The van der Waals surface area contributed by atoms with Crippen LogP contribution in [0.25, 0.3) is 0 Å². The fraction of sp³-hybridized carbons (Fsp3) is 1.00. The van der Waals surface area contributed by atoms with Gasteiger partial charge in [0.25, 0.3) is 0 Å². The predicted molar refractivity (Wildman–Crippen MR) is 73.1 cm³/mol. The average Bonchev–Trinajstić information content (AvgIpc) is 2.37. The molecule has 0 aromatic heterocycles. The molecule has 0 aliphatic heterocycles. The lowest BCUT2D eigenvalue weighted by molar-refractivity contribution is 0.00900. The van der Waals surface area contributed by atoms with E-state index in [0.717, 1.165) is 23.4 Å². The van der Waals surface area contributed by atoms with Crippen molar-refractivity contribution in [2.75, 3.05) is 0 Å². The molecule has 0 heterocycles. The molecule has 1 heteroatoms. The molecule has 1 N–H and O–H groups in total. The Balaban J connectivity index is 1.57. The first-order valence-electron chi connectivity index (χ1n) is 8.06. The Morgan fingerprint density at radius 3 is 2.24 bits per heavy atom. The van der Waals surface area contributed by atoms with Crippen LogP contribution in [0.5, 0.6) is 0 Å². The summed E-state index contributed by atoms with van der Waals surface area (Å²) < 4.78 is 0. The molecule has 3 aliphatic carbocycles. The summed E-state index contributed by atoms with van der Waals surface area (Å²) in [7, 11) is 0. The van der Waals surface area contributed by atoms with Crippen LogP contribution in [0, 0.1) is 11.3 Å². The number of hydrogen-bond acceptors (Lipinski definition) is 1. The van der Waals surface area contributed by atoms with Gasteiger partial charge in [-0.2, -0.15) is 0 Å². The SMILES string of the molecule is CC1CCCCC1NC1CCC12CCCCC2. The Kier molecular flexibility index (Phi) is 3.47. The van der Waals surface area contributed by atoms with Crippen LogP contribution in [0.4, 0.5) is 0 Å². The van der Waals surface area contributed by atoms with Crippen molar-refractivity contribution >= 4 is 0 Å². The van der Waals surface area contributed by atoms with Gasteiger partial charge in [0.15, 0.2) is 0 Å². The van der Waals surface area contributed by atoms with Crippen molar-refractivity contribution in [1.82, 2.24) is 5.32 Å². The van der Waals surface area contributed by atoms with Crippen LogP contribution in [-0.4, -0.2) is 12.1 Å². The van der Waals surface area contributed by atoms with Gasteiger partial charge in [0.05, 0.1) is 0 Å². The first-order chi connectivity index (χ1) is 8.30. The molecule has 3 rings (SSSR count). The quantitative estimate of drug-likeness (QED) is 0.754. The molecule has 0 radical (unpaired) electrons. The van der Waals surface area contributed by atoms with Gasteiger partial charge in [-0.25, -0.2) is 0 Å². The molecule has 0 aromatic carbocycles. The van der Waals surface area contributed by atoms with Crippen LogP contribution in [0.2, 0.25) is 0 Å². The molecule has 3 saturated carbocycles. The van der Waals surface area contributed by atoms with Gasteiger partial charge in [-0.1, -0.05) is 39.0 Å². The van der Waals surface area contributed by atoms with Crippen molar-refractivity contribution in [3.8, 4) is 0 Å². The lowest BCUT2D eigenvalue weighted by Crippen LogP contribution is -2.58. The third-order valence-electron chi connectivity index (χ3n) is 6.05. The van der Waals surface area contributed by atoms with Gasteiger partial charge in [0.1, 0.15) is 0 Å². The van der Waals surface area contributed by atoms with Crippen LogP contribution in [0.3, 0.4) is 0 Å². The van der Waals surface area contributed by atoms with Gasteiger partial charge in [-0.15, -0.1) is 0 Å². The molecule has 0 aromatic rings. The van der Waals surface area contributed by atoms with Crippen molar-refractivity contribution in [2.45, 2.75) is 89.6 Å². The highest BCUT2D eigenvalue weighted by Gasteiger charge is 2.47. The van der Waals surface area contributed by atoms with E-state index < -0.39 is 0 Å². The van der Waals surface area contributed by atoms with Crippen molar-refractivity contribution in [2.24, 2.45) is 11.3 Å². The maximum absolute atomic E-state index is 4.07. The number of rotatable bonds is 2. The van der Waals surface area contributed by atoms with E-state index in [1.807, 2.05) is 0 Å². The lowest BCUT2D eigenvalue weighted by atomic mass is 9.57. The first kappa shape index (κ1) is 12.0. The minimum Gasteiger partial charge on any atom is -0.310 e. The minimum atomic E-state index is 0.745. The summed E-state index contributed by atoms with van der Waals surface area (Å²) in [5, 5.41) is 4.07. The van der Waals surface area contributed by atoms with E-state index in [2.05, 4.69) is 12.2 Å². The van der Waals surface area contributed by atoms with Gasteiger partial charge in [-0.3, -0.25) is 0 Å². The molecule has 98 valence electrons. The molecule has 3 unspecified atom stereocenters. The van der Waals surface area contributed by atoms with E-state index >= 15 is 0 Å². The summed E-state index contributed by atoms with van der Waals surface area (Å²) in [6.45, 7) is 2.46. The van der Waals surface area contributed by atoms with Crippen LogP contribution in [0.1, 0.15) is 77.6 Å². The number of hydrogen-bond donors (Lipinski definition) is 1. The minimum absolute atomic E-state index is 0.745. The third kappa shape index (κ3) is 2.28. The van der Waals surface area contributed by atoms with Gasteiger partial charge in [0.2, 0.25) is 0 Å². The van der Waals surface area contributed by atoms with Crippen molar-refractivity contribution in [3.05, 3.63) is 0 Å². The van der Waals surface area contributed by atoms with Crippen LogP contribution in [-0.2, 0) is 0 Å². The maximum Gasteiger partial charge on any atom is 0.0126 e. The zero-order valence-electron chi connectivity index (χ0n) is 11.5. The third-order valence-corrected chi connectivity index (χ3v) is 6.05. The Bertz CT molecular complexity index is 254. The van der Waals surface area contributed by atoms with E-state index in [1.54, 1.807) is 0 Å². The molecule has 1 nitrogen and oxygen atoms in total. The Labute approximate surface area is 107 Å². The van der Waals surface area contributed by atoms with Crippen LogP contribution < -0.4 is 5.32 Å². The van der Waals surface area contributed by atoms with Crippen molar-refractivity contribution < 1.29 is 0 Å². The van der Waals surface area contributed by atoms with E-state index in [1.165, 1.54) is 70.6 Å². The van der Waals surface area contributed by atoms with Gasteiger partial charge in [0, 0.05) is 12.1 Å². The highest BCUT2D eigenvalue weighted by Crippen LogP contribution is 2.52. The van der Waals surface area contributed by atoms with E-state index in [9.17, 15) is 0 Å². The molecule has 17 heavy (non-hydrogen) atoms. The lowest BCUT2D eigenvalue weighted by Gasteiger charge is -2.54. The molecule has 3 fully saturated rings. The fourth-order valence-corrected chi connectivity index (χ4v) is 4.63. The second-order valence-corrected chi connectivity index (χ2v) is 7.05. The van der Waals surface area contributed by atoms with Crippen molar-refractivity contribution in [1.29, 1.82) is 0 Å². The molecule has 0 saturated heterocycles. The second kappa shape index (κ2) is 4.91. The Hall–Kier alpha value is -0.0400. The summed E-state index contributed by atoms with van der Waals surface area (Å²) >= 11 is 0. The maximum atomic E-state index is 4.07. The Morgan fingerprint density at radius 1 is 0.824 bits per heavy atom. The molecular formula is C16H29N. The van der Waals surface area contributed by atoms with Crippen molar-refractivity contribution in [3.63, 3.8) is 0 Å². The molecule has 3 atom stereocenters. The highest BCUT2D eigenvalue weighted by atomic mass is 15.0. The summed E-state index contributed by atoms with van der Waals surface area (Å²) in [6, 6.07) is 1.72. The number of nitrogens with one attached hydrogen (secondary N) is 1. The average molecular weight is 235 g/mol. The summed E-state index contributed by atoms with van der Waals surface area (Å²) in [5.74, 6) is 0.921. The van der Waals surface area contributed by atoms with Gasteiger partial charge in [-0.05, 0) is 49.9 Å². The zero-order valence-corrected chi connectivity index (χ0v) is 11.5. The summed E-state index contributed by atoms with van der Waals surface area (Å²) in [6.07, 6.45) is 16.3. The first-order valence-corrected chi connectivity index (χ1v) is 8.06. The second-order valence-electron chi connectivity index (χ2n) is 7.05. The topological polar surface area (TPSA) is 12.0 Å². The summed E-state index contributed by atoms with van der Waals surface area (Å²) in [4.78, 5) is 0. The normalized spacial score (nSPS) is 41.1. The van der Waals surface area contributed by atoms with Crippen LogP contribution in [0.15, 0.2) is 0 Å². The standard InChI is InChI=1S/C16H29N/c1-13-7-3-4-8-14(13)17-15-9-12-16(15)10-5-2-6-11-16/h13-15,17H,2-12H2,1H3. The largest absolute Gasteiger partial charge is 0.310 e. The molecular weight excluding hydrogens is 206 g/mol. The molecule has 0 amide bonds. The van der Waals surface area contributed by atoms with Crippen LogP contribution >= 0.6 is 0 Å². The molecule has 3 aliphatic rings. The summed E-state index contributed by atoms with van der Waals surface area (Å²) in [5.41, 5.74) is 0.745. The van der Waals surface area contributed by atoms with E-state index in [0.29, 0.717) is 0 Å². The smallest absolute Gasteiger partial charge is 0.0126 e. The fourth-order valence-electron chi connectivity index (χ4n) is 4.63. The van der Waals surface area contributed by atoms with E-state index in [-0.39, 0.29) is 0 Å². The molecule has 1 spiro atoms. The predicted octanol–water partition coefficient (Wildman–Crippen LogP) is 4.27. The van der Waals surface area contributed by atoms with E-state index in [4.69, 9.17) is 0 Å². The van der Waals surface area contributed by atoms with Gasteiger partial charge >= 0.3 is 0 Å². The van der Waals surface area contributed by atoms with Gasteiger partial charge < -0.3 is 5.32 Å². The molecule has 0 bridgehead atoms.